The van der Waals surface area contributed by atoms with E-state index in [0.717, 1.165) is 7.11 Å². The predicted molar refractivity (Wildman–Crippen MR) is 31.7 cm³/mol. The highest BCUT2D eigenvalue weighted by Crippen LogP contribution is 1.84. The van der Waals surface area contributed by atoms with E-state index in [-0.39, 0.29) is 0 Å². The van der Waals surface area contributed by atoms with Crippen molar-refractivity contribution >= 4 is 6.09 Å². The summed E-state index contributed by atoms with van der Waals surface area (Å²) in [6, 6.07) is 0. The van der Waals surface area contributed by atoms with Gasteiger partial charge in [0.2, 0.25) is 0 Å². The second-order valence-electron chi connectivity index (χ2n) is 1.32. The molecule has 0 aromatic carbocycles. The van der Waals surface area contributed by atoms with Gasteiger partial charge < -0.3 is 14.9 Å². The third kappa shape index (κ3) is 2.65. The van der Waals surface area contributed by atoms with Crippen molar-refractivity contribution in [2.75, 3.05) is 7.11 Å². The first kappa shape index (κ1) is 8.41. The van der Waals surface area contributed by atoms with E-state index in [0.29, 0.717) is 0 Å². The normalized spacial score (nSPS) is 8.10. The number of amides is 1. The second kappa shape index (κ2) is 3.44. The molecule has 6 nitrogen and oxygen atoms in total. The lowest BCUT2D eigenvalue weighted by Gasteiger charge is -1.96. The molecule has 0 aliphatic carbocycles. The SMILES string of the molecule is C=C(NC(=O)OC)[N+](=O)[O-]. The molecular formula is C4H6N2O4. The van der Waals surface area contributed by atoms with E-state index in [9.17, 15) is 14.9 Å². The molecule has 10 heavy (non-hydrogen) atoms. The lowest BCUT2D eigenvalue weighted by Crippen LogP contribution is -2.25. The number of nitro groups is 1. The number of hydrogen-bond donors (Lipinski definition) is 1. The van der Waals surface area contributed by atoms with E-state index in [1.807, 2.05) is 0 Å². The molecule has 1 amide bonds. The summed E-state index contributed by atoms with van der Waals surface area (Å²) in [4.78, 5) is 19.2. The highest BCUT2D eigenvalue weighted by molar-refractivity contribution is 5.68. The molecule has 0 saturated heterocycles. The molecule has 1 N–H and O–H groups in total. The van der Waals surface area contributed by atoms with Crippen LogP contribution >= 0.6 is 0 Å². The van der Waals surface area contributed by atoms with Gasteiger partial charge in [0.1, 0.15) is 0 Å². The van der Waals surface area contributed by atoms with Crippen LogP contribution in [0.15, 0.2) is 12.4 Å². The fourth-order valence-corrected chi connectivity index (χ4v) is 0.214. The van der Waals surface area contributed by atoms with Crippen molar-refractivity contribution in [3.05, 3.63) is 22.5 Å². The average molecular weight is 146 g/mol. The zero-order valence-corrected chi connectivity index (χ0v) is 5.29. The molecule has 0 saturated carbocycles. The molecule has 0 rings (SSSR count). The van der Waals surface area contributed by atoms with E-state index < -0.39 is 16.8 Å². The van der Waals surface area contributed by atoms with Gasteiger partial charge in [0.15, 0.2) is 0 Å². The largest absolute Gasteiger partial charge is 0.504 e. The number of rotatable bonds is 2. The summed E-state index contributed by atoms with van der Waals surface area (Å²) in [6.45, 7) is 2.93. The van der Waals surface area contributed by atoms with E-state index >= 15 is 0 Å². The lowest BCUT2D eigenvalue weighted by atomic mass is 10.8. The van der Waals surface area contributed by atoms with Crippen molar-refractivity contribution < 1.29 is 14.5 Å². The van der Waals surface area contributed by atoms with Crippen molar-refractivity contribution in [3.63, 3.8) is 0 Å². The molecular weight excluding hydrogens is 140 g/mol. The molecule has 0 bridgehead atoms. The summed E-state index contributed by atoms with van der Waals surface area (Å²) in [6.07, 6.45) is -0.901. The zero-order chi connectivity index (χ0) is 8.15. The molecule has 0 aliphatic heterocycles. The molecule has 0 aromatic heterocycles. The summed E-state index contributed by atoms with van der Waals surface area (Å²) < 4.78 is 4.06. The highest BCUT2D eigenvalue weighted by atomic mass is 16.6. The van der Waals surface area contributed by atoms with E-state index in [1.165, 1.54) is 0 Å². The Labute approximate surface area is 56.6 Å². The maximum atomic E-state index is 10.2. The molecule has 0 spiro atoms. The van der Waals surface area contributed by atoms with Crippen LogP contribution in [0.2, 0.25) is 0 Å². The summed E-state index contributed by atoms with van der Waals surface area (Å²) in [5, 5.41) is 11.6. The van der Waals surface area contributed by atoms with Gasteiger partial charge in [-0.1, -0.05) is 0 Å². The summed E-state index contributed by atoms with van der Waals surface area (Å²) >= 11 is 0. The topological polar surface area (TPSA) is 81.5 Å². The van der Waals surface area contributed by atoms with Crippen LogP contribution in [0.5, 0.6) is 0 Å². The zero-order valence-electron chi connectivity index (χ0n) is 5.29. The van der Waals surface area contributed by atoms with E-state index in [4.69, 9.17) is 0 Å². The Bertz CT molecular complexity index is 176. The third-order valence-corrected chi connectivity index (χ3v) is 0.652. The Morgan fingerprint density at radius 3 is 2.60 bits per heavy atom. The number of nitrogens with one attached hydrogen (secondary N) is 1. The minimum Gasteiger partial charge on any atom is -0.435 e. The second-order valence-corrected chi connectivity index (χ2v) is 1.32. The van der Waals surface area contributed by atoms with Crippen LogP contribution in [0, 0.1) is 10.1 Å². The number of carbonyl (C=O) groups excluding carboxylic acids is 1. The van der Waals surface area contributed by atoms with Crippen molar-refractivity contribution in [2.45, 2.75) is 0 Å². The van der Waals surface area contributed by atoms with Crippen molar-refractivity contribution in [2.24, 2.45) is 0 Å². The third-order valence-electron chi connectivity index (χ3n) is 0.652. The van der Waals surface area contributed by atoms with Crippen LogP contribution in [0.4, 0.5) is 4.79 Å². The Kier molecular flexibility index (Phi) is 2.89. The van der Waals surface area contributed by atoms with Gasteiger partial charge in [0.05, 0.1) is 7.11 Å². The Balaban J connectivity index is 3.80. The van der Waals surface area contributed by atoms with Gasteiger partial charge in [0, 0.05) is 0 Å². The van der Waals surface area contributed by atoms with E-state index in [1.54, 1.807) is 5.32 Å². The van der Waals surface area contributed by atoms with Gasteiger partial charge in [-0.3, -0.25) is 0 Å². The number of carbonyl (C=O) groups is 1. The molecule has 0 unspecified atom stereocenters. The lowest BCUT2D eigenvalue weighted by molar-refractivity contribution is -0.429. The number of alkyl carbamates (subject to hydrolysis) is 1. The minimum atomic E-state index is -0.901. The molecule has 0 aliphatic rings. The average Bonchev–Trinajstić information content (AvgIpc) is 1.87. The van der Waals surface area contributed by atoms with Crippen LogP contribution < -0.4 is 5.32 Å². The Morgan fingerprint density at radius 2 is 2.30 bits per heavy atom. The van der Waals surface area contributed by atoms with Crippen LogP contribution in [-0.2, 0) is 4.74 Å². The molecule has 0 aromatic rings. The van der Waals surface area contributed by atoms with Gasteiger partial charge in [-0.2, -0.15) is 10.1 Å². The number of hydrogen-bond acceptors (Lipinski definition) is 4. The van der Waals surface area contributed by atoms with E-state index in [2.05, 4.69) is 11.3 Å². The minimum absolute atomic E-state index is 0.605. The van der Waals surface area contributed by atoms with Gasteiger partial charge >= 0.3 is 11.9 Å². The van der Waals surface area contributed by atoms with Gasteiger partial charge in [0.25, 0.3) is 0 Å². The fraction of sp³-hybridized carbons (Fsp3) is 0.250. The van der Waals surface area contributed by atoms with Crippen LogP contribution in [-0.4, -0.2) is 18.1 Å². The van der Waals surface area contributed by atoms with Crippen molar-refractivity contribution in [1.29, 1.82) is 0 Å². The number of nitrogens with zero attached hydrogens (tertiary/aromatic N) is 1. The molecule has 0 atom stereocenters. The first-order chi connectivity index (χ1) is 4.57. The first-order valence-corrected chi connectivity index (χ1v) is 2.26. The monoisotopic (exact) mass is 146 g/mol. The van der Waals surface area contributed by atoms with Gasteiger partial charge in [-0.25, -0.2) is 0 Å². The Morgan fingerprint density at radius 1 is 1.80 bits per heavy atom. The van der Waals surface area contributed by atoms with Gasteiger partial charge in [-0.15, -0.1) is 0 Å². The number of methoxy groups -OCH3 is 1. The van der Waals surface area contributed by atoms with Crippen LogP contribution in [0.3, 0.4) is 0 Å². The predicted octanol–water partition coefficient (Wildman–Crippen LogP) is 0.0903. The first-order valence-electron chi connectivity index (χ1n) is 2.26. The maximum Gasteiger partial charge on any atom is 0.504 e. The number of ether oxygens (including phenoxy) is 1. The summed E-state index contributed by atoms with van der Waals surface area (Å²) in [5.41, 5.74) is 0. The van der Waals surface area contributed by atoms with Crippen molar-refractivity contribution in [3.8, 4) is 0 Å². The summed E-state index contributed by atoms with van der Waals surface area (Å²) in [5.74, 6) is -0.605. The molecule has 0 heterocycles. The molecule has 0 radical (unpaired) electrons. The smallest absolute Gasteiger partial charge is 0.435 e. The van der Waals surface area contributed by atoms with Crippen LogP contribution in [0.1, 0.15) is 0 Å². The highest BCUT2D eigenvalue weighted by Gasteiger charge is 2.10. The molecule has 6 heteroatoms. The maximum absolute atomic E-state index is 10.2. The van der Waals surface area contributed by atoms with Crippen LogP contribution in [0.25, 0.3) is 0 Å². The van der Waals surface area contributed by atoms with Gasteiger partial charge in [-0.05, 0) is 11.5 Å². The van der Waals surface area contributed by atoms with Crippen molar-refractivity contribution in [1.82, 2.24) is 5.32 Å². The standard InChI is InChI=1S/C4H6N2O4/c1-3(6(8)9)5-4(7)10-2/h1H2,2H3,(H,5,7). The summed E-state index contributed by atoms with van der Waals surface area (Å²) in [7, 11) is 1.10. The quantitative estimate of drug-likeness (QED) is 0.442. The fourth-order valence-electron chi connectivity index (χ4n) is 0.214. The molecule has 0 fully saturated rings. The molecule has 56 valence electrons. The Hall–Kier alpha value is -1.59.